The molecular formula is C21H26FNO2. The molecule has 1 aliphatic heterocycles. The monoisotopic (exact) mass is 343 g/mol. The van der Waals surface area contributed by atoms with Gasteiger partial charge in [0.2, 0.25) is 0 Å². The molecule has 1 aliphatic rings. The van der Waals surface area contributed by atoms with Crippen LogP contribution in [0.1, 0.15) is 36.8 Å². The highest BCUT2D eigenvalue weighted by Gasteiger charge is 2.23. The average molecular weight is 343 g/mol. The maximum absolute atomic E-state index is 13.9. The largest absolute Gasteiger partial charge is 0.508 e. The first kappa shape index (κ1) is 17.7. The van der Waals surface area contributed by atoms with Gasteiger partial charge in [0.15, 0.2) is 11.6 Å². The molecule has 0 spiro atoms. The van der Waals surface area contributed by atoms with Crippen molar-refractivity contribution < 1.29 is 14.2 Å². The van der Waals surface area contributed by atoms with Crippen LogP contribution in [-0.4, -0.2) is 29.7 Å². The summed E-state index contributed by atoms with van der Waals surface area (Å²) >= 11 is 0. The predicted molar refractivity (Wildman–Crippen MR) is 97.4 cm³/mol. The van der Waals surface area contributed by atoms with Gasteiger partial charge in [-0.05, 0) is 56.0 Å². The molecular weight excluding hydrogens is 317 g/mol. The van der Waals surface area contributed by atoms with Crippen molar-refractivity contribution in [2.75, 3.05) is 13.7 Å². The van der Waals surface area contributed by atoms with Crippen molar-refractivity contribution in [2.24, 2.45) is 0 Å². The first-order chi connectivity index (χ1) is 12.2. The molecule has 1 saturated heterocycles. The van der Waals surface area contributed by atoms with E-state index >= 15 is 0 Å². The number of hydrogen-bond acceptors (Lipinski definition) is 3. The summed E-state index contributed by atoms with van der Waals surface area (Å²) in [7, 11) is 1.53. The van der Waals surface area contributed by atoms with Gasteiger partial charge < -0.3 is 9.84 Å². The maximum atomic E-state index is 13.9. The fourth-order valence-electron chi connectivity index (χ4n) is 3.77. The minimum Gasteiger partial charge on any atom is -0.508 e. The molecule has 1 unspecified atom stereocenters. The molecule has 1 atom stereocenters. The fraction of sp³-hybridized carbons (Fsp3) is 0.429. The zero-order valence-corrected chi connectivity index (χ0v) is 14.7. The molecule has 0 aliphatic carbocycles. The first-order valence-electron chi connectivity index (χ1n) is 9.00. The molecule has 3 rings (SSSR count). The summed E-state index contributed by atoms with van der Waals surface area (Å²) in [6.45, 7) is 1.75. The van der Waals surface area contributed by atoms with Gasteiger partial charge in [-0.25, -0.2) is 4.39 Å². The standard InChI is InChI=1S/C21H26FNO2/c1-25-21-17(7-5-10-20(21)22)15-23-13-3-2-8-18(23)12-11-16-6-4-9-19(24)14-16/h4-7,9-10,14,18,24H,2-3,8,11-13,15H2,1H3. The molecule has 3 nitrogen and oxygen atoms in total. The number of rotatable bonds is 6. The third-order valence-electron chi connectivity index (χ3n) is 5.05. The third-order valence-corrected chi connectivity index (χ3v) is 5.05. The van der Waals surface area contributed by atoms with Gasteiger partial charge in [-0.3, -0.25) is 4.90 Å². The van der Waals surface area contributed by atoms with E-state index in [2.05, 4.69) is 11.0 Å². The molecule has 1 heterocycles. The molecule has 25 heavy (non-hydrogen) atoms. The lowest BCUT2D eigenvalue weighted by molar-refractivity contribution is 0.131. The van der Waals surface area contributed by atoms with E-state index in [1.807, 2.05) is 18.2 Å². The van der Waals surface area contributed by atoms with Gasteiger partial charge in [-0.2, -0.15) is 0 Å². The highest BCUT2D eigenvalue weighted by atomic mass is 19.1. The van der Waals surface area contributed by atoms with Gasteiger partial charge >= 0.3 is 0 Å². The Morgan fingerprint density at radius 3 is 2.84 bits per heavy atom. The lowest BCUT2D eigenvalue weighted by atomic mass is 9.95. The number of para-hydroxylation sites is 1. The normalized spacial score (nSPS) is 18.2. The van der Waals surface area contributed by atoms with Gasteiger partial charge in [0.05, 0.1) is 7.11 Å². The van der Waals surface area contributed by atoms with E-state index in [1.54, 1.807) is 12.1 Å². The topological polar surface area (TPSA) is 32.7 Å². The number of phenols is 1. The minimum absolute atomic E-state index is 0.298. The van der Waals surface area contributed by atoms with E-state index in [-0.39, 0.29) is 5.82 Å². The van der Waals surface area contributed by atoms with Gasteiger partial charge in [0.25, 0.3) is 0 Å². The van der Waals surface area contributed by atoms with Crippen molar-refractivity contribution in [3.05, 3.63) is 59.4 Å². The summed E-state index contributed by atoms with van der Waals surface area (Å²) in [4.78, 5) is 2.45. The molecule has 0 aromatic heterocycles. The Morgan fingerprint density at radius 1 is 1.20 bits per heavy atom. The molecule has 1 N–H and O–H groups in total. The Balaban J connectivity index is 1.68. The van der Waals surface area contributed by atoms with Gasteiger partial charge in [-0.1, -0.05) is 30.7 Å². The Labute approximate surface area is 149 Å². The Morgan fingerprint density at radius 2 is 2.04 bits per heavy atom. The number of halogens is 1. The summed E-state index contributed by atoms with van der Waals surface area (Å²) in [5.74, 6) is 0.385. The number of piperidine rings is 1. The molecule has 0 saturated carbocycles. The summed E-state index contributed by atoms with van der Waals surface area (Å²) in [6.07, 6.45) is 5.56. The SMILES string of the molecule is COc1c(F)cccc1CN1CCCCC1CCc1cccc(O)c1. The first-order valence-corrected chi connectivity index (χ1v) is 9.00. The number of nitrogens with zero attached hydrogens (tertiary/aromatic N) is 1. The minimum atomic E-state index is -0.298. The van der Waals surface area contributed by atoms with Gasteiger partial charge in [-0.15, -0.1) is 0 Å². The van der Waals surface area contributed by atoms with E-state index in [0.717, 1.165) is 36.9 Å². The number of methoxy groups -OCH3 is 1. The van der Waals surface area contributed by atoms with Crippen molar-refractivity contribution in [3.8, 4) is 11.5 Å². The zero-order chi connectivity index (χ0) is 17.6. The van der Waals surface area contributed by atoms with Crippen molar-refractivity contribution in [2.45, 2.75) is 44.7 Å². The van der Waals surface area contributed by atoms with Crippen molar-refractivity contribution in [1.82, 2.24) is 4.90 Å². The molecule has 0 amide bonds. The van der Waals surface area contributed by atoms with Gasteiger partial charge in [0, 0.05) is 18.2 Å². The second kappa shape index (κ2) is 8.34. The van der Waals surface area contributed by atoms with Crippen molar-refractivity contribution in [3.63, 3.8) is 0 Å². The number of likely N-dealkylation sites (tertiary alicyclic amines) is 1. The Kier molecular flexibility index (Phi) is 5.92. The van der Waals surface area contributed by atoms with E-state index in [9.17, 15) is 9.50 Å². The summed E-state index contributed by atoms with van der Waals surface area (Å²) < 4.78 is 19.2. The molecule has 2 aromatic carbocycles. The molecule has 0 radical (unpaired) electrons. The Hall–Kier alpha value is -2.07. The Bertz CT molecular complexity index is 704. The number of aryl methyl sites for hydroxylation is 1. The van der Waals surface area contributed by atoms with Crippen LogP contribution in [0.4, 0.5) is 4.39 Å². The highest BCUT2D eigenvalue weighted by molar-refractivity contribution is 5.35. The quantitative estimate of drug-likeness (QED) is 0.836. The maximum Gasteiger partial charge on any atom is 0.165 e. The van der Waals surface area contributed by atoms with Crippen LogP contribution in [-0.2, 0) is 13.0 Å². The highest BCUT2D eigenvalue weighted by Crippen LogP contribution is 2.28. The number of aromatic hydroxyl groups is 1. The van der Waals surface area contributed by atoms with E-state index in [4.69, 9.17) is 4.74 Å². The number of ether oxygens (including phenoxy) is 1. The fourth-order valence-corrected chi connectivity index (χ4v) is 3.77. The van der Waals surface area contributed by atoms with E-state index in [0.29, 0.717) is 24.1 Å². The summed E-state index contributed by atoms with van der Waals surface area (Å²) in [5, 5.41) is 9.62. The van der Waals surface area contributed by atoms with Crippen molar-refractivity contribution in [1.29, 1.82) is 0 Å². The predicted octanol–water partition coefficient (Wildman–Crippen LogP) is 4.53. The zero-order valence-electron chi connectivity index (χ0n) is 14.7. The van der Waals surface area contributed by atoms with Crippen LogP contribution >= 0.6 is 0 Å². The molecule has 4 heteroatoms. The second-order valence-electron chi connectivity index (χ2n) is 6.76. The van der Waals surface area contributed by atoms with Crippen LogP contribution in [0, 0.1) is 5.82 Å². The molecule has 2 aromatic rings. The molecule has 134 valence electrons. The summed E-state index contributed by atoms with van der Waals surface area (Å²) in [5.41, 5.74) is 2.07. The number of phenolic OH excluding ortho intramolecular Hbond substituents is 1. The lowest BCUT2D eigenvalue weighted by Crippen LogP contribution is -2.39. The van der Waals surface area contributed by atoms with E-state index in [1.165, 1.54) is 26.0 Å². The van der Waals surface area contributed by atoms with Crippen LogP contribution in [0.2, 0.25) is 0 Å². The molecule has 0 bridgehead atoms. The summed E-state index contributed by atoms with van der Waals surface area (Å²) in [6, 6.07) is 13.1. The smallest absolute Gasteiger partial charge is 0.165 e. The number of benzene rings is 2. The van der Waals surface area contributed by atoms with Gasteiger partial charge in [0.1, 0.15) is 5.75 Å². The third kappa shape index (κ3) is 4.51. The van der Waals surface area contributed by atoms with Crippen LogP contribution in [0.5, 0.6) is 11.5 Å². The number of hydrogen-bond donors (Lipinski definition) is 1. The van der Waals surface area contributed by atoms with Crippen molar-refractivity contribution >= 4 is 0 Å². The van der Waals surface area contributed by atoms with E-state index < -0.39 is 0 Å². The van der Waals surface area contributed by atoms with Crippen LogP contribution < -0.4 is 4.74 Å². The second-order valence-corrected chi connectivity index (χ2v) is 6.76. The van der Waals surface area contributed by atoms with Crippen LogP contribution in [0.3, 0.4) is 0 Å². The van der Waals surface area contributed by atoms with Crippen LogP contribution in [0.25, 0.3) is 0 Å². The molecule has 1 fully saturated rings. The van der Waals surface area contributed by atoms with Crippen LogP contribution in [0.15, 0.2) is 42.5 Å². The lowest BCUT2D eigenvalue weighted by Gasteiger charge is -2.36. The average Bonchev–Trinajstić information content (AvgIpc) is 2.61.